The van der Waals surface area contributed by atoms with E-state index in [1.165, 1.54) is 0 Å². The molecule has 0 saturated carbocycles. The average Bonchev–Trinajstić information content (AvgIpc) is 1.66. The molecule has 3 heteroatoms. The fourth-order valence-electron chi connectivity index (χ4n) is 0.185. The zero-order chi connectivity index (χ0) is 6.41. The molecule has 0 aliphatic heterocycles. The molecule has 0 aromatic rings. The largest absolute Gasteiger partial charge is 0.166 e. The van der Waals surface area contributed by atoms with E-state index in [9.17, 15) is 0 Å². The molecule has 0 N–H and O–H groups in total. The van der Waals surface area contributed by atoms with Crippen molar-refractivity contribution in [2.24, 2.45) is 15.4 Å². The lowest BCUT2D eigenvalue weighted by Crippen LogP contribution is -1.83. The second-order valence-corrected chi connectivity index (χ2v) is 1.67. The van der Waals surface area contributed by atoms with Gasteiger partial charge in [0, 0.05) is 6.21 Å². The molecule has 0 bridgehead atoms. The first-order valence-corrected chi connectivity index (χ1v) is 2.65. The van der Waals surface area contributed by atoms with Gasteiger partial charge in [0.05, 0.1) is 6.04 Å². The Bertz CT molecular complexity index is 93.8. The summed E-state index contributed by atoms with van der Waals surface area (Å²) in [5.41, 5.74) is 0. The minimum atomic E-state index is 0.249. The van der Waals surface area contributed by atoms with E-state index in [0.29, 0.717) is 0 Å². The summed E-state index contributed by atoms with van der Waals surface area (Å²) in [6.07, 6.45) is 1.60. The Balaban J connectivity index is 3.34. The molecular weight excluding hydrogens is 102 g/mol. The molecule has 8 heavy (non-hydrogen) atoms. The highest BCUT2D eigenvalue weighted by atomic mass is 15.4. The minimum Gasteiger partial charge on any atom is -0.166 e. The van der Waals surface area contributed by atoms with Gasteiger partial charge in [-0.3, -0.25) is 0 Å². The molecule has 0 rings (SSSR count). The maximum Gasteiger partial charge on any atom is 0.0674 e. The second-order valence-electron chi connectivity index (χ2n) is 1.67. The number of hydrogen-bond acceptors (Lipinski definition) is 2. The summed E-state index contributed by atoms with van der Waals surface area (Å²) in [7, 11) is 0. The molecule has 0 spiro atoms. The van der Waals surface area contributed by atoms with Gasteiger partial charge in [-0.25, -0.2) is 0 Å². The molecule has 0 fully saturated rings. The normalized spacial score (nSPS) is 12.5. The van der Waals surface area contributed by atoms with Gasteiger partial charge >= 0.3 is 0 Å². The first-order valence-electron chi connectivity index (χ1n) is 2.65. The quantitative estimate of drug-likeness (QED) is 0.298. The van der Waals surface area contributed by atoms with Crippen LogP contribution in [0.15, 0.2) is 15.4 Å². The molecule has 0 aliphatic rings. The van der Waals surface area contributed by atoms with Crippen LogP contribution in [-0.2, 0) is 0 Å². The van der Waals surface area contributed by atoms with E-state index in [4.69, 9.17) is 0 Å². The highest BCUT2D eigenvalue weighted by Gasteiger charge is 1.80. The van der Waals surface area contributed by atoms with Crippen LogP contribution in [0.25, 0.3) is 0 Å². The van der Waals surface area contributed by atoms with Crippen molar-refractivity contribution in [3.8, 4) is 0 Å². The van der Waals surface area contributed by atoms with Crippen LogP contribution in [0.5, 0.6) is 0 Å². The van der Waals surface area contributed by atoms with Crippen molar-refractivity contribution in [1.82, 2.24) is 0 Å². The first kappa shape index (κ1) is 7.27. The molecule has 0 radical (unpaired) electrons. The Labute approximate surface area is 49.5 Å². The highest BCUT2D eigenvalue weighted by Crippen LogP contribution is 1.86. The van der Waals surface area contributed by atoms with Gasteiger partial charge in [0.1, 0.15) is 0 Å². The van der Waals surface area contributed by atoms with E-state index in [0.717, 1.165) is 0 Å². The molecule has 0 aromatic carbocycles. The van der Waals surface area contributed by atoms with Crippen molar-refractivity contribution in [1.29, 1.82) is 0 Å². The average molecular weight is 113 g/mol. The van der Waals surface area contributed by atoms with E-state index in [1.807, 2.05) is 13.8 Å². The van der Waals surface area contributed by atoms with Crippen LogP contribution in [0.2, 0.25) is 0 Å². The molecule has 3 nitrogen and oxygen atoms in total. The van der Waals surface area contributed by atoms with Crippen molar-refractivity contribution >= 4 is 6.21 Å². The Morgan fingerprint density at radius 1 is 1.38 bits per heavy atom. The number of rotatable bonds is 2. The van der Waals surface area contributed by atoms with Crippen LogP contribution < -0.4 is 0 Å². The van der Waals surface area contributed by atoms with E-state index in [-0.39, 0.29) is 6.04 Å². The molecule has 0 aromatic heterocycles. The van der Waals surface area contributed by atoms with E-state index in [2.05, 4.69) is 15.4 Å². The van der Waals surface area contributed by atoms with Crippen molar-refractivity contribution in [3.63, 3.8) is 0 Å². The van der Waals surface area contributed by atoms with E-state index < -0.39 is 0 Å². The Kier molecular flexibility index (Phi) is 4.03. The Morgan fingerprint density at radius 3 is 2.38 bits per heavy atom. The van der Waals surface area contributed by atoms with Crippen molar-refractivity contribution in [3.05, 3.63) is 0 Å². The molecule has 0 saturated heterocycles. The second kappa shape index (κ2) is 4.43. The predicted octanol–water partition coefficient (Wildman–Crippen LogP) is 1.85. The standard InChI is InChI=1S/C5H11N3/c1-4-6-8-7-5(2)3/h4-5H,1-3H3/b6-4-,8-7-. The van der Waals surface area contributed by atoms with Crippen LogP contribution >= 0.6 is 0 Å². The summed E-state index contributed by atoms with van der Waals surface area (Å²) in [6, 6.07) is 0.249. The summed E-state index contributed by atoms with van der Waals surface area (Å²) < 4.78 is 0. The zero-order valence-corrected chi connectivity index (χ0v) is 5.50. The van der Waals surface area contributed by atoms with Gasteiger partial charge < -0.3 is 0 Å². The maximum absolute atomic E-state index is 3.74. The third kappa shape index (κ3) is 5.27. The summed E-state index contributed by atoms with van der Waals surface area (Å²) >= 11 is 0. The molecule has 0 amide bonds. The summed E-state index contributed by atoms with van der Waals surface area (Å²) in [6.45, 7) is 5.71. The molecule has 0 atom stereocenters. The molecule has 46 valence electrons. The third-order valence-electron chi connectivity index (χ3n) is 0.450. The van der Waals surface area contributed by atoms with Gasteiger partial charge in [0.15, 0.2) is 0 Å². The lowest BCUT2D eigenvalue weighted by Gasteiger charge is -1.85. The molecule has 0 aliphatic carbocycles. The summed E-state index contributed by atoms with van der Waals surface area (Å²) in [5, 5.41) is 10.8. The van der Waals surface area contributed by atoms with Crippen LogP contribution in [0.4, 0.5) is 0 Å². The van der Waals surface area contributed by atoms with Crippen molar-refractivity contribution in [2.75, 3.05) is 0 Å². The molecule has 0 unspecified atom stereocenters. The molecule has 0 heterocycles. The summed E-state index contributed by atoms with van der Waals surface area (Å²) in [5.74, 6) is 0. The topological polar surface area (TPSA) is 37.1 Å². The van der Waals surface area contributed by atoms with Crippen molar-refractivity contribution in [2.45, 2.75) is 26.8 Å². The van der Waals surface area contributed by atoms with Gasteiger partial charge in [0.25, 0.3) is 0 Å². The van der Waals surface area contributed by atoms with Crippen molar-refractivity contribution < 1.29 is 0 Å². The van der Waals surface area contributed by atoms with Gasteiger partial charge in [0.2, 0.25) is 0 Å². The van der Waals surface area contributed by atoms with E-state index >= 15 is 0 Å². The van der Waals surface area contributed by atoms with Crippen LogP contribution in [0.3, 0.4) is 0 Å². The van der Waals surface area contributed by atoms with Crippen LogP contribution in [0.1, 0.15) is 20.8 Å². The predicted molar refractivity (Wildman–Crippen MR) is 34.2 cm³/mol. The van der Waals surface area contributed by atoms with Gasteiger partial charge in [-0.05, 0) is 26.0 Å². The smallest absolute Gasteiger partial charge is 0.0674 e. The lowest BCUT2D eigenvalue weighted by atomic mass is 10.4. The number of nitrogens with zero attached hydrogens (tertiary/aromatic N) is 3. The highest BCUT2D eigenvalue weighted by molar-refractivity contribution is 5.52. The van der Waals surface area contributed by atoms with Gasteiger partial charge in [-0.1, -0.05) is 0 Å². The fraction of sp³-hybridized carbons (Fsp3) is 0.800. The zero-order valence-electron chi connectivity index (χ0n) is 5.50. The fourth-order valence-corrected chi connectivity index (χ4v) is 0.185. The first-order chi connectivity index (χ1) is 3.77. The van der Waals surface area contributed by atoms with Gasteiger partial charge in [-0.2, -0.15) is 5.11 Å². The Hall–Kier alpha value is -0.730. The van der Waals surface area contributed by atoms with Crippen LogP contribution in [-0.4, -0.2) is 12.3 Å². The number of hydrogen-bond donors (Lipinski definition) is 0. The molecular formula is C5H11N3. The SMILES string of the molecule is C/C=N\N=N/C(C)C. The maximum atomic E-state index is 3.74. The lowest BCUT2D eigenvalue weighted by molar-refractivity contribution is 0.752. The van der Waals surface area contributed by atoms with Gasteiger partial charge in [-0.15, -0.1) is 5.10 Å². The van der Waals surface area contributed by atoms with E-state index in [1.54, 1.807) is 13.1 Å². The van der Waals surface area contributed by atoms with Crippen LogP contribution in [0, 0.1) is 0 Å². The monoisotopic (exact) mass is 113 g/mol. The minimum absolute atomic E-state index is 0.249. The third-order valence-corrected chi connectivity index (χ3v) is 0.450. The summed E-state index contributed by atoms with van der Waals surface area (Å²) in [4.78, 5) is 0. The Morgan fingerprint density at radius 2 is 2.00 bits per heavy atom.